The summed E-state index contributed by atoms with van der Waals surface area (Å²) >= 11 is 2.04. The molecule has 2 fully saturated rings. The maximum Gasteiger partial charge on any atom is 0.241 e. The molecule has 2 heterocycles. The highest BCUT2D eigenvalue weighted by Crippen LogP contribution is 2.26. The first-order chi connectivity index (χ1) is 7.68. The average Bonchev–Trinajstić information content (AvgIpc) is 2.62. The van der Waals surface area contributed by atoms with Gasteiger partial charge in [-0.05, 0) is 24.5 Å². The molecule has 1 amide bonds. The Morgan fingerprint density at radius 2 is 2.31 bits per heavy atom. The summed E-state index contributed by atoms with van der Waals surface area (Å²) < 4.78 is 0. The second-order valence-electron chi connectivity index (χ2n) is 5.13. The molecule has 2 rings (SSSR count). The molecule has 0 aromatic carbocycles. The van der Waals surface area contributed by atoms with Crippen molar-refractivity contribution in [2.45, 2.75) is 44.4 Å². The molecule has 2 aliphatic rings. The number of rotatable bonds is 3. The molecule has 2 aliphatic heterocycles. The molecule has 0 bridgehead atoms. The van der Waals surface area contributed by atoms with Gasteiger partial charge in [-0.3, -0.25) is 10.1 Å². The van der Waals surface area contributed by atoms with E-state index in [1.807, 2.05) is 16.7 Å². The van der Waals surface area contributed by atoms with Crippen LogP contribution in [0.3, 0.4) is 0 Å². The van der Waals surface area contributed by atoms with Crippen LogP contribution in [-0.2, 0) is 4.79 Å². The Morgan fingerprint density at radius 3 is 2.88 bits per heavy atom. The van der Waals surface area contributed by atoms with Gasteiger partial charge in [-0.15, -0.1) is 0 Å². The summed E-state index contributed by atoms with van der Waals surface area (Å²) in [5.41, 5.74) is 0. The Balaban J connectivity index is 1.84. The highest BCUT2D eigenvalue weighted by Gasteiger charge is 2.34. The summed E-state index contributed by atoms with van der Waals surface area (Å²) in [6.45, 7) is 5.90. The Kier molecular flexibility index (Phi) is 4.14. The normalized spacial score (nSPS) is 31.4. The number of carbonyl (C=O) groups excluding carboxylic acids is 1. The van der Waals surface area contributed by atoms with E-state index in [0.29, 0.717) is 17.1 Å². The van der Waals surface area contributed by atoms with Gasteiger partial charge in [-0.2, -0.15) is 11.8 Å². The molecule has 0 aromatic rings. The largest absolute Gasteiger partial charge is 0.327 e. The van der Waals surface area contributed by atoms with Crippen molar-refractivity contribution in [2.24, 2.45) is 5.92 Å². The second-order valence-corrected chi connectivity index (χ2v) is 6.54. The molecule has 0 spiro atoms. The van der Waals surface area contributed by atoms with Crippen molar-refractivity contribution in [3.05, 3.63) is 0 Å². The quantitative estimate of drug-likeness (QED) is 0.817. The van der Waals surface area contributed by atoms with Crippen LogP contribution in [0.2, 0.25) is 0 Å². The topological polar surface area (TPSA) is 32.3 Å². The first-order valence-corrected chi connectivity index (χ1v) is 7.37. The van der Waals surface area contributed by atoms with Crippen LogP contribution in [0.15, 0.2) is 0 Å². The van der Waals surface area contributed by atoms with Crippen molar-refractivity contribution >= 4 is 17.7 Å². The average molecular weight is 242 g/mol. The number of thioether (sulfide) groups is 1. The van der Waals surface area contributed by atoms with Crippen molar-refractivity contribution in [2.75, 3.05) is 19.0 Å². The van der Waals surface area contributed by atoms with Gasteiger partial charge in [0.25, 0.3) is 0 Å². The number of amides is 1. The Morgan fingerprint density at radius 1 is 1.50 bits per heavy atom. The molecule has 2 atom stereocenters. The fourth-order valence-electron chi connectivity index (χ4n) is 2.44. The third-order valence-corrected chi connectivity index (χ3v) is 4.83. The van der Waals surface area contributed by atoms with Gasteiger partial charge in [-0.1, -0.05) is 20.3 Å². The van der Waals surface area contributed by atoms with Crippen LogP contribution in [0.5, 0.6) is 0 Å². The van der Waals surface area contributed by atoms with E-state index >= 15 is 0 Å². The van der Waals surface area contributed by atoms with E-state index in [0.717, 1.165) is 13.2 Å². The summed E-state index contributed by atoms with van der Waals surface area (Å²) in [5.74, 6) is 1.98. The zero-order valence-corrected chi connectivity index (χ0v) is 11.1. The molecule has 0 saturated carbocycles. The van der Waals surface area contributed by atoms with E-state index in [1.54, 1.807) is 0 Å². The van der Waals surface area contributed by atoms with Crippen molar-refractivity contribution in [1.82, 2.24) is 10.2 Å². The molecule has 16 heavy (non-hydrogen) atoms. The molecule has 0 aromatic heterocycles. The van der Waals surface area contributed by atoms with Crippen molar-refractivity contribution in [1.29, 1.82) is 0 Å². The molecule has 2 unspecified atom stereocenters. The van der Waals surface area contributed by atoms with E-state index in [-0.39, 0.29) is 6.04 Å². The lowest BCUT2D eigenvalue weighted by molar-refractivity contribution is -0.129. The summed E-state index contributed by atoms with van der Waals surface area (Å²) in [4.78, 5) is 14.1. The zero-order chi connectivity index (χ0) is 11.5. The van der Waals surface area contributed by atoms with E-state index in [2.05, 4.69) is 19.2 Å². The smallest absolute Gasteiger partial charge is 0.241 e. The van der Waals surface area contributed by atoms with Crippen molar-refractivity contribution in [3.63, 3.8) is 0 Å². The number of hydrogen-bond donors (Lipinski definition) is 1. The summed E-state index contributed by atoms with van der Waals surface area (Å²) in [7, 11) is 0. The minimum Gasteiger partial charge on any atom is -0.327 e. The van der Waals surface area contributed by atoms with E-state index < -0.39 is 0 Å². The van der Waals surface area contributed by atoms with Gasteiger partial charge in [0, 0.05) is 11.8 Å². The van der Waals surface area contributed by atoms with Gasteiger partial charge < -0.3 is 4.90 Å². The second kappa shape index (κ2) is 5.41. The first-order valence-electron chi connectivity index (χ1n) is 6.32. The zero-order valence-electron chi connectivity index (χ0n) is 10.2. The fraction of sp³-hybridized carbons (Fsp3) is 0.917. The Labute approximate surface area is 102 Å². The van der Waals surface area contributed by atoms with Crippen molar-refractivity contribution in [3.8, 4) is 0 Å². The monoisotopic (exact) mass is 242 g/mol. The lowest BCUT2D eigenvalue weighted by Gasteiger charge is -2.26. The molecular weight excluding hydrogens is 220 g/mol. The van der Waals surface area contributed by atoms with Crippen LogP contribution in [0.25, 0.3) is 0 Å². The molecule has 0 radical (unpaired) electrons. The lowest BCUT2D eigenvalue weighted by atomic mass is 10.0. The lowest BCUT2D eigenvalue weighted by Crippen LogP contribution is -2.37. The number of nitrogens with one attached hydrogen (secondary N) is 1. The van der Waals surface area contributed by atoms with Gasteiger partial charge in [-0.25, -0.2) is 0 Å². The van der Waals surface area contributed by atoms with Crippen LogP contribution in [0.1, 0.15) is 33.1 Å². The minimum absolute atomic E-state index is 0.0496. The van der Waals surface area contributed by atoms with Gasteiger partial charge in [0.2, 0.25) is 5.91 Å². The van der Waals surface area contributed by atoms with Gasteiger partial charge in [0.05, 0.1) is 12.7 Å². The fourth-order valence-corrected chi connectivity index (χ4v) is 3.77. The number of hydrogen-bond acceptors (Lipinski definition) is 3. The van der Waals surface area contributed by atoms with Gasteiger partial charge in [0.1, 0.15) is 0 Å². The highest BCUT2D eigenvalue weighted by molar-refractivity contribution is 7.99. The Bertz CT molecular complexity index is 251. The van der Waals surface area contributed by atoms with Crippen LogP contribution < -0.4 is 5.32 Å². The maximum atomic E-state index is 12.1. The van der Waals surface area contributed by atoms with Crippen molar-refractivity contribution < 1.29 is 4.79 Å². The summed E-state index contributed by atoms with van der Waals surface area (Å²) in [6, 6.07) is 0.0496. The standard InChI is InChI=1S/C12H22N2OS/c1-9(2)11-12(15)14(8-13-11)7-10-5-3-4-6-16-10/h9-11,13H,3-8H2,1-2H3. The van der Waals surface area contributed by atoms with Gasteiger partial charge >= 0.3 is 0 Å². The predicted molar refractivity (Wildman–Crippen MR) is 68.4 cm³/mol. The molecule has 0 aliphatic carbocycles. The van der Waals surface area contributed by atoms with Crippen LogP contribution in [0.4, 0.5) is 0 Å². The molecule has 4 heteroatoms. The number of nitrogens with zero attached hydrogens (tertiary/aromatic N) is 1. The van der Waals surface area contributed by atoms with Crippen LogP contribution in [0, 0.1) is 5.92 Å². The first kappa shape index (κ1) is 12.2. The molecule has 3 nitrogen and oxygen atoms in total. The van der Waals surface area contributed by atoms with E-state index in [9.17, 15) is 4.79 Å². The number of carbonyl (C=O) groups is 1. The van der Waals surface area contributed by atoms with Crippen LogP contribution in [-0.4, -0.2) is 41.1 Å². The third kappa shape index (κ3) is 2.72. The molecule has 2 saturated heterocycles. The third-order valence-electron chi connectivity index (χ3n) is 3.44. The van der Waals surface area contributed by atoms with E-state index in [1.165, 1.54) is 25.0 Å². The molecule has 92 valence electrons. The SMILES string of the molecule is CC(C)C1NCN(CC2CCCCS2)C1=O. The van der Waals surface area contributed by atoms with Crippen LogP contribution >= 0.6 is 11.8 Å². The summed E-state index contributed by atoms with van der Waals surface area (Å²) in [6.07, 6.45) is 3.96. The highest BCUT2D eigenvalue weighted by atomic mass is 32.2. The molecule has 1 N–H and O–H groups in total. The van der Waals surface area contributed by atoms with Gasteiger partial charge in [0.15, 0.2) is 0 Å². The maximum absolute atomic E-state index is 12.1. The molecular formula is C12H22N2OS. The Hall–Kier alpha value is -0.220. The minimum atomic E-state index is 0.0496. The summed E-state index contributed by atoms with van der Waals surface area (Å²) in [5, 5.41) is 3.98. The predicted octanol–water partition coefficient (Wildman–Crippen LogP) is 1.69. The van der Waals surface area contributed by atoms with E-state index in [4.69, 9.17) is 0 Å².